The maximum Gasteiger partial charge on any atom is 0.297 e. The lowest BCUT2D eigenvalue weighted by molar-refractivity contribution is -0.144. The zero-order valence-electron chi connectivity index (χ0n) is 11.8. The van der Waals surface area contributed by atoms with Crippen molar-refractivity contribution >= 4 is 17.4 Å². The van der Waals surface area contributed by atoms with Crippen LogP contribution in [0.4, 0.5) is 0 Å². The molecule has 102 valence electrons. The predicted octanol–water partition coefficient (Wildman–Crippen LogP) is 2.27. The number of amides is 1. The minimum absolute atomic E-state index is 0.0694. The van der Waals surface area contributed by atoms with Crippen molar-refractivity contribution in [3.8, 4) is 0 Å². The molecule has 0 radical (unpaired) electrons. The lowest BCUT2D eigenvalue weighted by Crippen LogP contribution is -2.47. The highest BCUT2D eigenvalue weighted by atomic mass is 16.2. The predicted molar refractivity (Wildman–Crippen MR) is 75.4 cm³/mol. The van der Waals surface area contributed by atoms with Gasteiger partial charge in [0.15, 0.2) is 0 Å². The molecular weight excluding hydrogens is 240 g/mol. The number of nitrogens with one attached hydrogen (secondary N) is 1. The summed E-state index contributed by atoms with van der Waals surface area (Å²) >= 11 is 0. The highest BCUT2D eigenvalue weighted by Crippen LogP contribution is 2.09. The van der Waals surface area contributed by atoms with Crippen LogP contribution >= 0.6 is 0 Å². The molecule has 0 aromatic heterocycles. The fourth-order valence-corrected chi connectivity index (χ4v) is 2.03. The molecule has 0 aliphatic carbocycles. The molecule has 1 N–H and O–H groups in total. The standard InChI is InChI=1S/C15H20N2O2/c1-10(2)17(11(3)4)15(19)14(18)13(16)12-8-6-5-7-9-12/h5-11,16H,1-4H3. The second kappa shape index (κ2) is 6.27. The molecule has 1 rings (SSSR count). The Morgan fingerprint density at radius 1 is 1.00 bits per heavy atom. The SMILES string of the molecule is CC(C)N(C(=O)C(=O)C(=N)c1ccccc1)C(C)C. The molecule has 0 aliphatic heterocycles. The Morgan fingerprint density at radius 2 is 1.47 bits per heavy atom. The molecule has 0 heterocycles. The lowest BCUT2D eigenvalue weighted by Gasteiger charge is -2.30. The zero-order chi connectivity index (χ0) is 14.6. The Kier molecular flexibility index (Phi) is 4.98. The Hall–Kier alpha value is -1.97. The smallest absolute Gasteiger partial charge is 0.297 e. The van der Waals surface area contributed by atoms with Crippen molar-refractivity contribution in [3.05, 3.63) is 35.9 Å². The molecule has 0 saturated heterocycles. The third kappa shape index (κ3) is 3.50. The summed E-state index contributed by atoms with van der Waals surface area (Å²) in [5.41, 5.74) is 0.213. The molecule has 0 aliphatic rings. The number of Topliss-reactive ketones (excluding diaryl/α,β-unsaturated/α-hetero) is 1. The molecule has 0 bridgehead atoms. The molecule has 0 spiro atoms. The number of hydrogen-bond donors (Lipinski definition) is 1. The molecule has 4 nitrogen and oxygen atoms in total. The van der Waals surface area contributed by atoms with Gasteiger partial charge in [-0.1, -0.05) is 30.3 Å². The van der Waals surface area contributed by atoms with Gasteiger partial charge >= 0.3 is 0 Å². The van der Waals surface area contributed by atoms with Crippen LogP contribution in [-0.4, -0.2) is 34.4 Å². The first-order valence-electron chi connectivity index (χ1n) is 6.37. The normalized spacial score (nSPS) is 10.6. The average molecular weight is 260 g/mol. The number of rotatable bonds is 5. The van der Waals surface area contributed by atoms with Gasteiger partial charge in [-0.15, -0.1) is 0 Å². The third-order valence-corrected chi connectivity index (χ3v) is 2.83. The number of hydrogen-bond acceptors (Lipinski definition) is 3. The Bertz CT molecular complexity index is 470. The van der Waals surface area contributed by atoms with Crippen molar-refractivity contribution in [2.24, 2.45) is 0 Å². The number of benzene rings is 1. The van der Waals surface area contributed by atoms with E-state index >= 15 is 0 Å². The summed E-state index contributed by atoms with van der Waals surface area (Å²) in [6.45, 7) is 7.43. The first kappa shape index (κ1) is 15.1. The van der Waals surface area contributed by atoms with E-state index in [0.717, 1.165) is 0 Å². The van der Waals surface area contributed by atoms with Gasteiger partial charge in [-0.25, -0.2) is 0 Å². The summed E-state index contributed by atoms with van der Waals surface area (Å²) in [5.74, 6) is -1.37. The number of nitrogens with zero attached hydrogens (tertiary/aromatic N) is 1. The molecule has 0 atom stereocenters. The van der Waals surface area contributed by atoms with Crippen LogP contribution in [0.3, 0.4) is 0 Å². The summed E-state index contributed by atoms with van der Waals surface area (Å²) in [5, 5.41) is 7.84. The van der Waals surface area contributed by atoms with E-state index in [1.165, 1.54) is 4.90 Å². The van der Waals surface area contributed by atoms with E-state index in [1.54, 1.807) is 30.3 Å². The Morgan fingerprint density at radius 3 is 1.89 bits per heavy atom. The summed E-state index contributed by atoms with van der Waals surface area (Å²) < 4.78 is 0. The molecule has 0 fully saturated rings. The summed E-state index contributed by atoms with van der Waals surface area (Å²) in [4.78, 5) is 25.8. The van der Waals surface area contributed by atoms with Gasteiger partial charge in [0.05, 0.1) is 0 Å². The fraction of sp³-hybridized carbons (Fsp3) is 0.400. The van der Waals surface area contributed by atoms with Gasteiger partial charge in [0, 0.05) is 17.6 Å². The van der Waals surface area contributed by atoms with Crippen molar-refractivity contribution in [3.63, 3.8) is 0 Å². The summed E-state index contributed by atoms with van der Waals surface area (Å²) in [6.07, 6.45) is 0. The monoisotopic (exact) mass is 260 g/mol. The maximum atomic E-state index is 12.2. The molecule has 0 unspecified atom stereocenters. The number of carbonyl (C=O) groups is 2. The first-order valence-corrected chi connectivity index (χ1v) is 6.37. The number of carbonyl (C=O) groups excluding carboxylic acids is 2. The molecule has 1 aromatic rings. The van der Waals surface area contributed by atoms with E-state index in [1.807, 2.05) is 27.7 Å². The third-order valence-electron chi connectivity index (χ3n) is 2.83. The van der Waals surface area contributed by atoms with Crippen LogP contribution in [0, 0.1) is 5.41 Å². The molecular formula is C15H20N2O2. The quantitative estimate of drug-likeness (QED) is 0.652. The van der Waals surface area contributed by atoms with Crippen LogP contribution in [0.2, 0.25) is 0 Å². The van der Waals surface area contributed by atoms with Crippen molar-refractivity contribution < 1.29 is 9.59 Å². The van der Waals surface area contributed by atoms with E-state index < -0.39 is 11.7 Å². The Labute approximate surface area is 113 Å². The average Bonchev–Trinajstić information content (AvgIpc) is 2.37. The van der Waals surface area contributed by atoms with Crippen LogP contribution in [0.5, 0.6) is 0 Å². The van der Waals surface area contributed by atoms with Crippen LogP contribution in [0.1, 0.15) is 33.3 Å². The molecule has 4 heteroatoms. The van der Waals surface area contributed by atoms with Crippen molar-refractivity contribution in [2.75, 3.05) is 0 Å². The second-order valence-corrected chi connectivity index (χ2v) is 4.97. The topological polar surface area (TPSA) is 61.2 Å². The minimum atomic E-state index is -0.756. The number of ketones is 1. The molecule has 19 heavy (non-hydrogen) atoms. The van der Waals surface area contributed by atoms with Gasteiger partial charge < -0.3 is 4.90 Å². The first-order chi connectivity index (χ1) is 8.86. The van der Waals surface area contributed by atoms with Gasteiger partial charge in [0.25, 0.3) is 11.7 Å². The summed E-state index contributed by atoms with van der Waals surface area (Å²) in [6, 6.07) is 8.46. The van der Waals surface area contributed by atoms with Gasteiger partial charge in [-0.2, -0.15) is 0 Å². The highest BCUT2D eigenvalue weighted by Gasteiger charge is 2.29. The van der Waals surface area contributed by atoms with E-state index in [0.29, 0.717) is 5.56 Å². The molecule has 1 amide bonds. The van der Waals surface area contributed by atoms with Crippen molar-refractivity contribution in [1.82, 2.24) is 4.90 Å². The second-order valence-electron chi connectivity index (χ2n) is 4.97. The van der Waals surface area contributed by atoms with Crippen LogP contribution in [-0.2, 0) is 9.59 Å². The van der Waals surface area contributed by atoms with E-state index in [-0.39, 0.29) is 17.8 Å². The fourth-order valence-electron chi connectivity index (χ4n) is 2.03. The van der Waals surface area contributed by atoms with Gasteiger partial charge in [-0.05, 0) is 27.7 Å². The minimum Gasteiger partial charge on any atom is -0.331 e. The van der Waals surface area contributed by atoms with Gasteiger partial charge in [0.2, 0.25) is 0 Å². The maximum absolute atomic E-state index is 12.2. The van der Waals surface area contributed by atoms with Crippen molar-refractivity contribution in [2.45, 2.75) is 39.8 Å². The zero-order valence-corrected chi connectivity index (χ0v) is 11.8. The largest absolute Gasteiger partial charge is 0.331 e. The van der Waals surface area contributed by atoms with Gasteiger partial charge in [0.1, 0.15) is 5.71 Å². The van der Waals surface area contributed by atoms with Crippen LogP contribution in [0.15, 0.2) is 30.3 Å². The van der Waals surface area contributed by atoms with Gasteiger partial charge in [-0.3, -0.25) is 15.0 Å². The highest BCUT2D eigenvalue weighted by molar-refractivity contribution is 6.67. The van der Waals surface area contributed by atoms with Crippen LogP contribution in [0.25, 0.3) is 0 Å². The van der Waals surface area contributed by atoms with E-state index in [9.17, 15) is 9.59 Å². The van der Waals surface area contributed by atoms with E-state index in [2.05, 4.69) is 0 Å². The van der Waals surface area contributed by atoms with Crippen LogP contribution < -0.4 is 0 Å². The molecule has 0 saturated carbocycles. The van der Waals surface area contributed by atoms with Crippen molar-refractivity contribution in [1.29, 1.82) is 5.41 Å². The summed E-state index contributed by atoms with van der Waals surface area (Å²) in [7, 11) is 0. The lowest BCUT2D eigenvalue weighted by atomic mass is 10.0. The Balaban J connectivity index is 2.94. The molecule has 1 aromatic carbocycles. The van der Waals surface area contributed by atoms with E-state index in [4.69, 9.17) is 5.41 Å².